The summed E-state index contributed by atoms with van der Waals surface area (Å²) in [6, 6.07) is 8.20. The SMILES string of the molecule is COc1ccc(NC(C)Cc2ccsc2)c(N)c1. The Morgan fingerprint density at radius 1 is 1.39 bits per heavy atom. The van der Waals surface area contributed by atoms with Gasteiger partial charge in [0.1, 0.15) is 5.75 Å². The van der Waals surface area contributed by atoms with E-state index < -0.39 is 0 Å². The van der Waals surface area contributed by atoms with E-state index in [2.05, 4.69) is 29.1 Å². The molecule has 0 saturated heterocycles. The van der Waals surface area contributed by atoms with Crippen molar-refractivity contribution in [1.82, 2.24) is 0 Å². The van der Waals surface area contributed by atoms with E-state index in [1.165, 1.54) is 5.56 Å². The van der Waals surface area contributed by atoms with Crippen LogP contribution in [-0.2, 0) is 6.42 Å². The first-order valence-corrected chi connectivity index (χ1v) is 6.84. The maximum absolute atomic E-state index is 5.98. The lowest BCUT2D eigenvalue weighted by Gasteiger charge is -2.16. The minimum absolute atomic E-state index is 0.343. The molecule has 0 spiro atoms. The lowest BCUT2D eigenvalue weighted by atomic mass is 10.1. The lowest BCUT2D eigenvalue weighted by molar-refractivity contribution is 0.415. The van der Waals surface area contributed by atoms with Gasteiger partial charge in [-0.1, -0.05) is 0 Å². The lowest BCUT2D eigenvalue weighted by Crippen LogP contribution is -2.18. The molecule has 0 aliphatic carbocycles. The molecular weight excluding hydrogens is 244 g/mol. The number of nitrogens with two attached hydrogens (primary N) is 1. The van der Waals surface area contributed by atoms with Crippen LogP contribution in [0.2, 0.25) is 0 Å². The molecule has 1 heterocycles. The number of thiophene rings is 1. The minimum atomic E-state index is 0.343. The predicted molar refractivity (Wildman–Crippen MR) is 78.5 cm³/mol. The number of hydrogen-bond acceptors (Lipinski definition) is 4. The summed E-state index contributed by atoms with van der Waals surface area (Å²) in [6.45, 7) is 2.15. The fourth-order valence-electron chi connectivity index (χ4n) is 1.88. The largest absolute Gasteiger partial charge is 0.497 e. The number of benzene rings is 1. The molecule has 3 N–H and O–H groups in total. The fourth-order valence-corrected chi connectivity index (χ4v) is 2.56. The zero-order valence-electron chi connectivity index (χ0n) is 10.6. The minimum Gasteiger partial charge on any atom is -0.497 e. The van der Waals surface area contributed by atoms with Gasteiger partial charge < -0.3 is 15.8 Å². The summed E-state index contributed by atoms with van der Waals surface area (Å²) >= 11 is 1.73. The van der Waals surface area contributed by atoms with Gasteiger partial charge in [-0.25, -0.2) is 0 Å². The monoisotopic (exact) mass is 262 g/mol. The van der Waals surface area contributed by atoms with Gasteiger partial charge in [0.15, 0.2) is 0 Å². The Morgan fingerprint density at radius 2 is 2.22 bits per heavy atom. The van der Waals surface area contributed by atoms with Crippen molar-refractivity contribution in [3.8, 4) is 5.75 Å². The zero-order chi connectivity index (χ0) is 13.0. The summed E-state index contributed by atoms with van der Waals surface area (Å²) in [5.41, 5.74) is 9.00. The Balaban J connectivity index is 2.00. The molecule has 3 nitrogen and oxygen atoms in total. The summed E-state index contributed by atoms with van der Waals surface area (Å²) in [5, 5.41) is 7.70. The molecule has 0 saturated carbocycles. The van der Waals surface area contributed by atoms with Crippen LogP contribution in [0.3, 0.4) is 0 Å². The second-order valence-corrected chi connectivity index (χ2v) is 5.11. The molecule has 18 heavy (non-hydrogen) atoms. The Kier molecular flexibility index (Phi) is 4.10. The quantitative estimate of drug-likeness (QED) is 0.812. The number of methoxy groups -OCH3 is 1. The summed E-state index contributed by atoms with van der Waals surface area (Å²) in [5.74, 6) is 0.781. The van der Waals surface area contributed by atoms with Crippen molar-refractivity contribution in [1.29, 1.82) is 0 Å². The van der Waals surface area contributed by atoms with Crippen LogP contribution in [-0.4, -0.2) is 13.2 Å². The molecule has 1 atom stereocenters. The van der Waals surface area contributed by atoms with Crippen molar-refractivity contribution in [2.75, 3.05) is 18.2 Å². The van der Waals surface area contributed by atoms with Crippen molar-refractivity contribution in [2.24, 2.45) is 0 Å². The van der Waals surface area contributed by atoms with Crippen LogP contribution in [0.4, 0.5) is 11.4 Å². The third-order valence-electron chi connectivity index (χ3n) is 2.78. The average Bonchev–Trinajstić information content (AvgIpc) is 2.84. The molecule has 96 valence electrons. The van der Waals surface area contributed by atoms with Gasteiger partial charge in [-0.2, -0.15) is 11.3 Å². The van der Waals surface area contributed by atoms with Crippen molar-refractivity contribution >= 4 is 22.7 Å². The summed E-state index contributed by atoms with van der Waals surface area (Å²) in [7, 11) is 1.64. The van der Waals surface area contributed by atoms with E-state index in [0.717, 1.165) is 17.9 Å². The van der Waals surface area contributed by atoms with Gasteiger partial charge in [0, 0.05) is 12.1 Å². The Labute approximate surface area is 112 Å². The van der Waals surface area contributed by atoms with Crippen LogP contribution in [0.1, 0.15) is 12.5 Å². The molecule has 0 fully saturated rings. The van der Waals surface area contributed by atoms with Crippen molar-refractivity contribution in [2.45, 2.75) is 19.4 Å². The third kappa shape index (κ3) is 3.17. The maximum atomic E-state index is 5.98. The molecule has 0 radical (unpaired) electrons. The number of ether oxygens (including phenoxy) is 1. The van der Waals surface area contributed by atoms with E-state index in [1.54, 1.807) is 18.4 Å². The highest BCUT2D eigenvalue weighted by Gasteiger charge is 2.07. The summed E-state index contributed by atoms with van der Waals surface area (Å²) in [6.07, 6.45) is 0.995. The Hall–Kier alpha value is -1.68. The topological polar surface area (TPSA) is 47.3 Å². The molecule has 1 aromatic carbocycles. The molecular formula is C14H18N2OS. The van der Waals surface area contributed by atoms with Crippen LogP contribution in [0.25, 0.3) is 0 Å². The Bertz CT molecular complexity index is 497. The van der Waals surface area contributed by atoms with Crippen LogP contribution in [0.5, 0.6) is 5.75 Å². The maximum Gasteiger partial charge on any atom is 0.121 e. The van der Waals surface area contributed by atoms with Crippen LogP contribution < -0.4 is 15.8 Å². The molecule has 0 amide bonds. The highest BCUT2D eigenvalue weighted by atomic mass is 32.1. The van der Waals surface area contributed by atoms with Gasteiger partial charge >= 0.3 is 0 Å². The fraction of sp³-hybridized carbons (Fsp3) is 0.286. The molecule has 0 aliphatic rings. The first-order valence-electron chi connectivity index (χ1n) is 5.90. The van der Waals surface area contributed by atoms with E-state index in [9.17, 15) is 0 Å². The molecule has 4 heteroatoms. The number of nitrogens with one attached hydrogen (secondary N) is 1. The van der Waals surface area contributed by atoms with E-state index in [0.29, 0.717) is 11.7 Å². The Morgan fingerprint density at radius 3 is 2.83 bits per heavy atom. The third-order valence-corrected chi connectivity index (χ3v) is 3.51. The van der Waals surface area contributed by atoms with Gasteiger partial charge in [0.25, 0.3) is 0 Å². The summed E-state index contributed by atoms with van der Waals surface area (Å²) in [4.78, 5) is 0. The highest BCUT2D eigenvalue weighted by molar-refractivity contribution is 7.07. The number of nitrogen functional groups attached to an aromatic ring is 1. The first-order chi connectivity index (χ1) is 8.69. The molecule has 2 aromatic rings. The van der Waals surface area contributed by atoms with E-state index in [4.69, 9.17) is 10.5 Å². The number of anilines is 2. The molecule has 0 aliphatic heterocycles. The molecule has 2 rings (SSSR count). The average molecular weight is 262 g/mol. The van der Waals surface area contributed by atoms with Gasteiger partial charge in [-0.15, -0.1) is 0 Å². The van der Waals surface area contributed by atoms with Crippen LogP contribution >= 0.6 is 11.3 Å². The van der Waals surface area contributed by atoms with Crippen molar-refractivity contribution < 1.29 is 4.74 Å². The zero-order valence-corrected chi connectivity index (χ0v) is 11.5. The second-order valence-electron chi connectivity index (χ2n) is 4.33. The predicted octanol–water partition coefficient (Wildman–Crippen LogP) is 3.38. The van der Waals surface area contributed by atoms with Gasteiger partial charge in [0.2, 0.25) is 0 Å². The summed E-state index contributed by atoms with van der Waals surface area (Å²) < 4.78 is 5.13. The molecule has 1 aromatic heterocycles. The van der Waals surface area contributed by atoms with Crippen molar-refractivity contribution in [3.05, 3.63) is 40.6 Å². The normalized spacial score (nSPS) is 12.1. The number of rotatable bonds is 5. The second kappa shape index (κ2) is 5.78. The van der Waals surface area contributed by atoms with Gasteiger partial charge in [-0.05, 0) is 47.9 Å². The van der Waals surface area contributed by atoms with E-state index in [-0.39, 0.29) is 0 Å². The van der Waals surface area contributed by atoms with Crippen LogP contribution in [0, 0.1) is 0 Å². The van der Waals surface area contributed by atoms with Gasteiger partial charge in [-0.3, -0.25) is 0 Å². The van der Waals surface area contributed by atoms with Crippen molar-refractivity contribution in [3.63, 3.8) is 0 Å². The van der Waals surface area contributed by atoms with Gasteiger partial charge in [0.05, 0.1) is 18.5 Å². The van der Waals surface area contributed by atoms with E-state index in [1.807, 2.05) is 18.2 Å². The molecule has 1 unspecified atom stereocenters. The highest BCUT2D eigenvalue weighted by Crippen LogP contribution is 2.25. The molecule has 0 bridgehead atoms. The van der Waals surface area contributed by atoms with Crippen LogP contribution in [0.15, 0.2) is 35.0 Å². The smallest absolute Gasteiger partial charge is 0.121 e. The number of hydrogen-bond donors (Lipinski definition) is 2. The first kappa shape index (κ1) is 12.8. The standard InChI is InChI=1S/C14H18N2OS/c1-10(7-11-5-6-18-9-11)16-14-4-3-12(17-2)8-13(14)15/h3-6,8-10,16H,7,15H2,1-2H3. The van der Waals surface area contributed by atoms with E-state index >= 15 is 0 Å².